The van der Waals surface area contributed by atoms with Gasteiger partial charge in [0.15, 0.2) is 11.4 Å². The van der Waals surface area contributed by atoms with Gasteiger partial charge in [-0.2, -0.15) is 0 Å². The first-order valence-electron chi connectivity index (χ1n) is 10.1. The molecule has 1 atom stereocenters. The summed E-state index contributed by atoms with van der Waals surface area (Å²) >= 11 is 0. The summed E-state index contributed by atoms with van der Waals surface area (Å²) < 4.78 is 14.5. The molecule has 2 N–H and O–H groups in total. The fourth-order valence-electron chi connectivity index (χ4n) is 4.45. The van der Waals surface area contributed by atoms with E-state index in [4.69, 9.17) is 0 Å². The smallest absolute Gasteiger partial charge is 0.275 e. The highest BCUT2D eigenvalue weighted by Crippen LogP contribution is 2.33. The monoisotopic (exact) mass is 428 g/mol. The lowest BCUT2D eigenvalue weighted by atomic mass is 9.88. The molecule has 1 aromatic carbocycles. The molecule has 1 aromatic heterocycles. The van der Waals surface area contributed by atoms with Crippen molar-refractivity contribution in [3.05, 3.63) is 63.3 Å². The minimum Gasteiger partial charge on any atom is -0.503 e. The Balaban J connectivity index is 1.63. The Morgan fingerprint density at radius 3 is 2.58 bits per heavy atom. The number of benzene rings is 1. The number of carbonyl (C=O) groups is 2. The number of hydrogen-bond donors (Lipinski definition) is 2. The molecule has 0 bridgehead atoms. The number of aromatic nitrogens is 1. The van der Waals surface area contributed by atoms with E-state index in [1.54, 1.807) is 4.90 Å². The Kier molecular flexibility index (Phi) is 5.09. The lowest BCUT2D eigenvalue weighted by Crippen LogP contribution is -2.64. The van der Waals surface area contributed by atoms with Crippen molar-refractivity contribution >= 4 is 11.8 Å². The van der Waals surface area contributed by atoms with Gasteiger partial charge in [0.1, 0.15) is 17.5 Å². The summed E-state index contributed by atoms with van der Waals surface area (Å²) in [7, 11) is 1.93. The molecule has 3 heterocycles. The molecule has 31 heavy (non-hydrogen) atoms. The van der Waals surface area contributed by atoms with E-state index in [2.05, 4.69) is 24.1 Å². The maximum atomic E-state index is 13.1. The average Bonchev–Trinajstić information content (AvgIpc) is 2.70. The standard InChI is InChI=1S/C22H25FN4O4/c1-22(2)11-25(3)16-10-26-9-15(18(28)19(29)17(26)21(31)27(16)12-22)20(30)24-8-13-4-6-14(23)7-5-13/h4-7,9,16,29H,8,10-12H2,1-3H3,(H,24,30). The van der Waals surface area contributed by atoms with Crippen molar-refractivity contribution in [1.82, 2.24) is 19.7 Å². The van der Waals surface area contributed by atoms with E-state index in [0.29, 0.717) is 18.7 Å². The second kappa shape index (κ2) is 7.49. The minimum absolute atomic E-state index is 0.0915. The number of aromatic hydroxyl groups is 1. The van der Waals surface area contributed by atoms with Crippen molar-refractivity contribution in [2.24, 2.45) is 5.41 Å². The highest BCUT2D eigenvalue weighted by Gasteiger charge is 2.44. The molecule has 0 radical (unpaired) electrons. The molecule has 164 valence electrons. The van der Waals surface area contributed by atoms with Crippen LogP contribution < -0.4 is 10.7 Å². The third-order valence-corrected chi connectivity index (χ3v) is 5.83. The number of carbonyl (C=O) groups excluding carboxylic acids is 2. The van der Waals surface area contributed by atoms with Crippen LogP contribution in [0.3, 0.4) is 0 Å². The van der Waals surface area contributed by atoms with Gasteiger partial charge in [-0.3, -0.25) is 19.3 Å². The lowest BCUT2D eigenvalue weighted by Gasteiger charge is -2.51. The summed E-state index contributed by atoms with van der Waals surface area (Å²) in [5.74, 6) is -2.21. The molecule has 8 nitrogen and oxygen atoms in total. The first-order valence-corrected chi connectivity index (χ1v) is 10.1. The van der Waals surface area contributed by atoms with Crippen LogP contribution in [0.2, 0.25) is 0 Å². The number of likely N-dealkylation sites (N-methyl/N-ethyl adjacent to an activating group) is 1. The third kappa shape index (κ3) is 3.81. The van der Waals surface area contributed by atoms with Crippen molar-refractivity contribution in [3.8, 4) is 5.75 Å². The molecular formula is C22H25FN4O4. The summed E-state index contributed by atoms with van der Waals surface area (Å²) in [6, 6.07) is 5.61. The van der Waals surface area contributed by atoms with E-state index in [9.17, 15) is 23.9 Å². The van der Waals surface area contributed by atoms with E-state index in [1.807, 2.05) is 7.05 Å². The first kappa shape index (κ1) is 21.0. The van der Waals surface area contributed by atoms with Gasteiger partial charge >= 0.3 is 0 Å². The van der Waals surface area contributed by atoms with Crippen LogP contribution in [0.5, 0.6) is 5.75 Å². The zero-order valence-corrected chi connectivity index (χ0v) is 17.7. The Hall–Kier alpha value is -3.20. The fourth-order valence-corrected chi connectivity index (χ4v) is 4.45. The molecular weight excluding hydrogens is 403 g/mol. The van der Waals surface area contributed by atoms with E-state index >= 15 is 0 Å². The lowest BCUT2D eigenvalue weighted by molar-refractivity contribution is -0.0412. The molecule has 2 aromatic rings. The van der Waals surface area contributed by atoms with Crippen molar-refractivity contribution in [2.45, 2.75) is 33.1 Å². The van der Waals surface area contributed by atoms with Crippen molar-refractivity contribution in [2.75, 3.05) is 20.1 Å². The fraction of sp³-hybridized carbons (Fsp3) is 0.409. The highest BCUT2D eigenvalue weighted by atomic mass is 19.1. The van der Waals surface area contributed by atoms with Gasteiger partial charge in [0, 0.05) is 25.8 Å². The van der Waals surface area contributed by atoms with Gasteiger partial charge in [0.05, 0.1) is 6.54 Å². The number of pyridine rings is 1. The summed E-state index contributed by atoms with van der Waals surface area (Å²) in [4.78, 5) is 42.2. The van der Waals surface area contributed by atoms with Crippen LogP contribution >= 0.6 is 0 Å². The molecule has 2 aliphatic rings. The molecule has 0 saturated carbocycles. The van der Waals surface area contributed by atoms with E-state index in [0.717, 1.165) is 6.54 Å². The Labute approximate surface area is 178 Å². The summed E-state index contributed by atoms with van der Waals surface area (Å²) in [5, 5.41) is 13.1. The average molecular weight is 428 g/mol. The highest BCUT2D eigenvalue weighted by molar-refractivity contribution is 5.99. The van der Waals surface area contributed by atoms with Gasteiger partial charge in [-0.15, -0.1) is 0 Å². The number of rotatable bonds is 3. The van der Waals surface area contributed by atoms with Crippen molar-refractivity contribution in [1.29, 1.82) is 0 Å². The molecule has 1 fully saturated rings. The third-order valence-electron chi connectivity index (χ3n) is 5.83. The van der Waals surface area contributed by atoms with Crippen LogP contribution in [0.15, 0.2) is 35.3 Å². The number of nitrogens with one attached hydrogen (secondary N) is 1. The molecule has 2 aliphatic heterocycles. The molecule has 1 unspecified atom stereocenters. The quantitative estimate of drug-likeness (QED) is 0.770. The van der Waals surface area contributed by atoms with Gasteiger partial charge < -0.3 is 19.9 Å². The zero-order chi connectivity index (χ0) is 22.5. The normalized spacial score (nSPS) is 20.2. The SMILES string of the molecule is CN1CC(C)(C)CN2C(=O)c3c(O)c(=O)c(C(=O)NCc4ccc(F)cc4)cn3CC12. The number of halogens is 1. The number of nitrogens with zero attached hydrogens (tertiary/aromatic N) is 3. The largest absolute Gasteiger partial charge is 0.503 e. The number of fused-ring (bicyclic) bond motifs is 2. The molecule has 4 rings (SSSR count). The Morgan fingerprint density at radius 2 is 1.90 bits per heavy atom. The van der Waals surface area contributed by atoms with E-state index in [1.165, 1.54) is 35.0 Å². The molecule has 0 spiro atoms. The topological polar surface area (TPSA) is 94.9 Å². The van der Waals surface area contributed by atoms with E-state index < -0.39 is 23.0 Å². The Bertz CT molecular complexity index is 1110. The van der Waals surface area contributed by atoms with Gasteiger partial charge in [-0.05, 0) is 30.2 Å². The van der Waals surface area contributed by atoms with Crippen molar-refractivity contribution < 1.29 is 19.1 Å². The summed E-state index contributed by atoms with van der Waals surface area (Å²) in [6.45, 7) is 5.84. The van der Waals surface area contributed by atoms with Crippen LogP contribution in [0.25, 0.3) is 0 Å². The van der Waals surface area contributed by atoms with Crippen LogP contribution in [-0.2, 0) is 13.1 Å². The molecule has 0 aliphatic carbocycles. The van der Waals surface area contributed by atoms with E-state index in [-0.39, 0.29) is 35.2 Å². The molecule has 2 amide bonds. The van der Waals surface area contributed by atoms with Gasteiger partial charge in [0.25, 0.3) is 11.8 Å². The predicted octanol–water partition coefficient (Wildman–Crippen LogP) is 1.38. The summed E-state index contributed by atoms with van der Waals surface area (Å²) in [5.41, 5.74) is -0.696. The van der Waals surface area contributed by atoms with Crippen LogP contribution in [0.4, 0.5) is 4.39 Å². The maximum absolute atomic E-state index is 13.1. The number of amides is 2. The molecule has 9 heteroatoms. The van der Waals surface area contributed by atoms with Crippen LogP contribution in [-0.4, -0.2) is 57.6 Å². The summed E-state index contributed by atoms with van der Waals surface area (Å²) in [6.07, 6.45) is 1.10. The van der Waals surface area contributed by atoms with Crippen LogP contribution in [0, 0.1) is 11.2 Å². The maximum Gasteiger partial charge on any atom is 0.275 e. The second-order valence-corrected chi connectivity index (χ2v) is 9.02. The van der Waals surface area contributed by atoms with Gasteiger partial charge in [-0.1, -0.05) is 26.0 Å². The second-order valence-electron chi connectivity index (χ2n) is 9.02. The minimum atomic E-state index is -0.890. The van der Waals surface area contributed by atoms with Crippen LogP contribution in [0.1, 0.15) is 40.3 Å². The predicted molar refractivity (Wildman–Crippen MR) is 111 cm³/mol. The number of hydrogen-bond acceptors (Lipinski definition) is 5. The first-order chi connectivity index (χ1) is 14.6. The molecule has 1 saturated heterocycles. The van der Waals surface area contributed by atoms with Gasteiger partial charge in [0.2, 0.25) is 5.43 Å². The van der Waals surface area contributed by atoms with Gasteiger partial charge in [-0.25, -0.2) is 4.39 Å². The Morgan fingerprint density at radius 1 is 1.23 bits per heavy atom. The van der Waals surface area contributed by atoms with Crippen molar-refractivity contribution in [3.63, 3.8) is 0 Å². The zero-order valence-electron chi connectivity index (χ0n) is 17.7.